The van der Waals surface area contributed by atoms with Crippen LogP contribution in [0, 0.1) is 11.8 Å². The Labute approximate surface area is 258 Å². The predicted octanol–water partition coefficient (Wildman–Crippen LogP) is 6.09. The molecule has 3 amide bonds. The first kappa shape index (κ1) is 32.7. The molecule has 1 aliphatic rings. The van der Waals surface area contributed by atoms with E-state index in [-0.39, 0.29) is 23.6 Å². The van der Waals surface area contributed by atoms with Crippen molar-refractivity contribution in [2.45, 2.75) is 46.0 Å². The predicted molar refractivity (Wildman–Crippen MR) is 164 cm³/mol. The van der Waals surface area contributed by atoms with Crippen molar-refractivity contribution in [1.82, 2.24) is 19.8 Å². The lowest BCUT2D eigenvalue weighted by Crippen LogP contribution is -2.45. The number of amides is 3. The van der Waals surface area contributed by atoms with Gasteiger partial charge >= 0.3 is 18.3 Å². The molecule has 3 heterocycles. The number of piperazine rings is 1. The molecule has 0 atom stereocenters. The number of nitrogens with zero attached hydrogens (tertiary/aromatic N) is 4. The minimum Gasteiger partial charge on any atom is -0.444 e. The number of thiazole rings is 1. The maximum absolute atomic E-state index is 13.9. The summed E-state index contributed by atoms with van der Waals surface area (Å²) in [6.07, 6.45) is -2.24. The second-order valence-electron chi connectivity index (χ2n) is 11.0. The van der Waals surface area contributed by atoms with Crippen molar-refractivity contribution in [2.24, 2.45) is 0 Å². The van der Waals surface area contributed by atoms with E-state index in [0.717, 1.165) is 37.0 Å². The number of carbonyl (C=O) groups is 2. The maximum Gasteiger partial charge on any atom is 0.416 e. The standard InChI is InChI=1S/C30H34F3N7O3S/c1-5-39-13-15-40(16-14-39)19-22-23(30(31,32)33)7-6-8-24(22)36-26(41)37-25-17-20(11-12-34-25)9-10-21-18-35-27(44-21)38-28(42)43-29(2,3)4/h6-8,11-12,17-18H,5,13-16,19H2,1-4H3,(H,35,38,42)(H2,34,36,37,41). The molecule has 44 heavy (non-hydrogen) atoms. The molecule has 1 fully saturated rings. The molecular formula is C30H34F3N7O3S. The first-order valence-electron chi connectivity index (χ1n) is 13.9. The monoisotopic (exact) mass is 629 g/mol. The highest BCUT2D eigenvalue weighted by Crippen LogP contribution is 2.36. The molecular weight excluding hydrogens is 595 g/mol. The van der Waals surface area contributed by atoms with E-state index in [1.54, 1.807) is 26.8 Å². The third-order valence-corrected chi connectivity index (χ3v) is 7.30. The van der Waals surface area contributed by atoms with E-state index in [4.69, 9.17) is 4.74 Å². The highest BCUT2D eigenvalue weighted by molar-refractivity contribution is 7.16. The number of ether oxygens (including phenoxy) is 1. The summed E-state index contributed by atoms with van der Waals surface area (Å²) in [5.74, 6) is 6.05. The number of rotatable bonds is 6. The molecule has 1 aliphatic heterocycles. The Hall–Kier alpha value is -4.19. The fourth-order valence-electron chi connectivity index (χ4n) is 4.39. The Bertz CT molecular complexity index is 1530. The maximum atomic E-state index is 13.9. The van der Waals surface area contributed by atoms with Gasteiger partial charge in [0, 0.05) is 55.7 Å². The Kier molecular flexibility index (Phi) is 10.5. The van der Waals surface area contributed by atoms with Gasteiger partial charge in [0.25, 0.3) is 0 Å². The van der Waals surface area contributed by atoms with Gasteiger partial charge in [0.1, 0.15) is 11.4 Å². The quantitative estimate of drug-likeness (QED) is 0.283. The summed E-state index contributed by atoms with van der Waals surface area (Å²) in [5.41, 5.74) is -0.814. The van der Waals surface area contributed by atoms with Gasteiger partial charge in [0.2, 0.25) is 0 Å². The number of hydrogen-bond acceptors (Lipinski definition) is 8. The summed E-state index contributed by atoms with van der Waals surface area (Å²) in [5, 5.41) is 8.04. The van der Waals surface area contributed by atoms with Crippen LogP contribution in [0.1, 0.15) is 49.3 Å². The van der Waals surface area contributed by atoms with E-state index >= 15 is 0 Å². The first-order valence-corrected chi connectivity index (χ1v) is 14.8. The van der Waals surface area contributed by atoms with Crippen LogP contribution >= 0.6 is 11.3 Å². The largest absolute Gasteiger partial charge is 0.444 e. The van der Waals surface area contributed by atoms with Crippen LogP contribution in [0.25, 0.3) is 0 Å². The number of halogens is 3. The molecule has 0 spiro atoms. The molecule has 4 rings (SSSR count). The molecule has 14 heteroatoms. The van der Waals surface area contributed by atoms with Gasteiger partial charge in [-0.2, -0.15) is 13.2 Å². The van der Waals surface area contributed by atoms with Crippen molar-refractivity contribution in [3.05, 3.63) is 64.3 Å². The van der Waals surface area contributed by atoms with Gasteiger partial charge in [-0.3, -0.25) is 15.5 Å². The number of carbonyl (C=O) groups excluding carboxylic acids is 2. The number of benzene rings is 1. The normalized spacial score (nSPS) is 14.3. The molecule has 0 unspecified atom stereocenters. The number of aromatic nitrogens is 2. The molecule has 0 bridgehead atoms. The van der Waals surface area contributed by atoms with Crippen LogP contribution in [0.3, 0.4) is 0 Å². The zero-order chi connectivity index (χ0) is 31.9. The molecule has 3 aromatic rings. The van der Waals surface area contributed by atoms with Gasteiger partial charge in [0.15, 0.2) is 5.13 Å². The van der Waals surface area contributed by atoms with Gasteiger partial charge in [-0.15, -0.1) is 0 Å². The summed E-state index contributed by atoms with van der Waals surface area (Å²) < 4.78 is 47.0. The lowest BCUT2D eigenvalue weighted by atomic mass is 10.0. The Morgan fingerprint density at radius 1 is 1.00 bits per heavy atom. The fourth-order valence-corrected chi connectivity index (χ4v) is 5.04. The van der Waals surface area contributed by atoms with Crippen molar-refractivity contribution in [1.29, 1.82) is 0 Å². The molecule has 10 nitrogen and oxygen atoms in total. The van der Waals surface area contributed by atoms with E-state index in [1.807, 2.05) is 4.90 Å². The van der Waals surface area contributed by atoms with Gasteiger partial charge in [-0.25, -0.2) is 19.6 Å². The number of nitrogens with one attached hydrogen (secondary N) is 3. The molecule has 234 valence electrons. The average molecular weight is 630 g/mol. The minimum atomic E-state index is -4.58. The first-order chi connectivity index (χ1) is 20.8. The van der Waals surface area contributed by atoms with Crippen molar-refractivity contribution in [3.8, 4) is 11.8 Å². The Morgan fingerprint density at radius 3 is 2.41 bits per heavy atom. The third-order valence-electron chi connectivity index (χ3n) is 6.47. The number of alkyl halides is 3. The average Bonchev–Trinajstić information content (AvgIpc) is 3.38. The molecule has 3 N–H and O–H groups in total. The summed E-state index contributed by atoms with van der Waals surface area (Å²) >= 11 is 1.16. The zero-order valence-corrected chi connectivity index (χ0v) is 25.7. The number of urea groups is 1. The van der Waals surface area contributed by atoms with Crippen LogP contribution in [0.15, 0.2) is 42.7 Å². The Balaban J connectivity index is 1.42. The second-order valence-corrected chi connectivity index (χ2v) is 12.0. The van der Waals surface area contributed by atoms with Gasteiger partial charge < -0.3 is 15.0 Å². The lowest BCUT2D eigenvalue weighted by molar-refractivity contribution is -0.138. The molecule has 1 aromatic carbocycles. The zero-order valence-electron chi connectivity index (χ0n) is 24.8. The minimum absolute atomic E-state index is 0.0118. The SMILES string of the molecule is CCN1CCN(Cc2c(NC(=O)Nc3cc(C#Cc4cnc(NC(=O)OC(C)(C)C)s4)ccn3)cccc2C(F)(F)F)CC1. The molecule has 0 aliphatic carbocycles. The van der Waals surface area contributed by atoms with E-state index in [9.17, 15) is 22.8 Å². The number of pyridine rings is 1. The second kappa shape index (κ2) is 14.1. The van der Waals surface area contributed by atoms with Crippen LogP contribution in [-0.2, 0) is 17.5 Å². The van der Waals surface area contributed by atoms with Gasteiger partial charge in [-0.1, -0.05) is 30.2 Å². The summed E-state index contributed by atoms with van der Waals surface area (Å²) in [4.78, 5) is 37.9. The number of hydrogen-bond donors (Lipinski definition) is 3. The van der Waals surface area contributed by atoms with Gasteiger partial charge in [0.05, 0.1) is 16.6 Å². The number of likely N-dealkylation sites (N-methyl/N-ethyl adjacent to an activating group) is 1. The lowest BCUT2D eigenvalue weighted by Gasteiger charge is -2.34. The van der Waals surface area contributed by atoms with Crippen LogP contribution in [0.2, 0.25) is 0 Å². The molecule has 2 aromatic heterocycles. The van der Waals surface area contributed by atoms with E-state index in [1.165, 1.54) is 30.6 Å². The molecule has 1 saturated heterocycles. The summed E-state index contributed by atoms with van der Waals surface area (Å²) in [6.45, 7) is 11.1. The highest BCUT2D eigenvalue weighted by Gasteiger charge is 2.35. The van der Waals surface area contributed by atoms with Crippen LogP contribution < -0.4 is 16.0 Å². The van der Waals surface area contributed by atoms with Crippen molar-refractivity contribution < 1.29 is 27.5 Å². The van der Waals surface area contributed by atoms with Crippen molar-refractivity contribution in [2.75, 3.05) is 48.7 Å². The van der Waals surface area contributed by atoms with Crippen LogP contribution in [0.4, 0.5) is 39.4 Å². The fraction of sp³-hybridized carbons (Fsp3) is 0.400. The molecule has 0 radical (unpaired) electrons. The van der Waals surface area contributed by atoms with Crippen LogP contribution in [-0.4, -0.2) is 70.2 Å². The smallest absolute Gasteiger partial charge is 0.416 e. The summed E-state index contributed by atoms with van der Waals surface area (Å²) in [7, 11) is 0. The third kappa shape index (κ3) is 9.66. The van der Waals surface area contributed by atoms with Crippen LogP contribution in [0.5, 0.6) is 0 Å². The summed E-state index contributed by atoms with van der Waals surface area (Å²) in [6, 6.07) is 6.21. The number of anilines is 3. The van der Waals surface area contributed by atoms with Crippen molar-refractivity contribution in [3.63, 3.8) is 0 Å². The topological polar surface area (TPSA) is 112 Å². The van der Waals surface area contributed by atoms with E-state index in [0.29, 0.717) is 28.7 Å². The van der Waals surface area contributed by atoms with E-state index in [2.05, 4.69) is 49.6 Å². The van der Waals surface area contributed by atoms with Crippen molar-refractivity contribution >= 4 is 40.1 Å². The van der Waals surface area contributed by atoms with Gasteiger partial charge in [-0.05, 0) is 57.5 Å². The van der Waals surface area contributed by atoms with E-state index < -0.39 is 29.5 Å². The molecule has 0 saturated carbocycles. The highest BCUT2D eigenvalue weighted by atomic mass is 32.1. The Morgan fingerprint density at radius 2 is 1.73 bits per heavy atom.